The molecular formula is C16H22BrFN2. The van der Waals surface area contributed by atoms with Gasteiger partial charge in [0.05, 0.1) is 0 Å². The second-order valence-electron chi connectivity index (χ2n) is 6.43. The molecule has 3 atom stereocenters. The molecule has 1 aromatic carbocycles. The number of benzene rings is 1. The van der Waals surface area contributed by atoms with Crippen LogP contribution in [0.5, 0.6) is 0 Å². The van der Waals surface area contributed by atoms with Gasteiger partial charge in [-0.3, -0.25) is 0 Å². The minimum atomic E-state index is -0.190. The summed E-state index contributed by atoms with van der Waals surface area (Å²) in [5.41, 5.74) is 7.42. The van der Waals surface area contributed by atoms with Crippen LogP contribution in [0.25, 0.3) is 0 Å². The summed E-state index contributed by atoms with van der Waals surface area (Å²) >= 11 is 3.35. The predicted molar refractivity (Wildman–Crippen MR) is 83.1 cm³/mol. The molecule has 2 aliphatic rings. The average Bonchev–Trinajstić information content (AvgIpc) is 2.61. The zero-order valence-electron chi connectivity index (χ0n) is 11.9. The van der Waals surface area contributed by atoms with E-state index >= 15 is 0 Å². The Hall–Kier alpha value is -0.450. The summed E-state index contributed by atoms with van der Waals surface area (Å²) in [7, 11) is 2.24. The van der Waals surface area contributed by atoms with Crippen LogP contribution in [0.15, 0.2) is 22.7 Å². The Labute approximate surface area is 128 Å². The van der Waals surface area contributed by atoms with Gasteiger partial charge in [0, 0.05) is 22.6 Å². The van der Waals surface area contributed by atoms with E-state index < -0.39 is 0 Å². The minimum absolute atomic E-state index is 0.139. The van der Waals surface area contributed by atoms with E-state index in [-0.39, 0.29) is 11.9 Å². The van der Waals surface area contributed by atoms with Gasteiger partial charge >= 0.3 is 0 Å². The molecule has 2 N–H and O–H groups in total. The molecule has 2 bridgehead atoms. The zero-order valence-corrected chi connectivity index (χ0v) is 13.4. The van der Waals surface area contributed by atoms with Gasteiger partial charge in [0.2, 0.25) is 0 Å². The molecule has 1 aromatic rings. The van der Waals surface area contributed by atoms with Gasteiger partial charge in [-0.05, 0) is 68.8 Å². The van der Waals surface area contributed by atoms with Crippen molar-refractivity contribution in [3.63, 3.8) is 0 Å². The lowest BCUT2D eigenvalue weighted by molar-refractivity contribution is 0.120. The fraction of sp³-hybridized carbons (Fsp3) is 0.625. The summed E-state index contributed by atoms with van der Waals surface area (Å²) in [5, 5.41) is 0. The van der Waals surface area contributed by atoms with E-state index in [0.717, 1.165) is 16.5 Å². The number of rotatable bonds is 3. The van der Waals surface area contributed by atoms with Crippen molar-refractivity contribution < 1.29 is 4.39 Å². The monoisotopic (exact) mass is 340 g/mol. The number of nitrogens with zero attached hydrogens (tertiary/aromatic N) is 1. The fourth-order valence-corrected chi connectivity index (χ4v) is 4.48. The molecule has 0 aromatic heterocycles. The van der Waals surface area contributed by atoms with Crippen LogP contribution in [0, 0.1) is 11.7 Å². The summed E-state index contributed by atoms with van der Waals surface area (Å²) in [6.45, 7) is 0. The van der Waals surface area contributed by atoms with Crippen molar-refractivity contribution in [3.8, 4) is 0 Å². The smallest absolute Gasteiger partial charge is 0.124 e. The first-order valence-corrected chi connectivity index (χ1v) is 8.24. The van der Waals surface area contributed by atoms with Gasteiger partial charge in [0.1, 0.15) is 5.82 Å². The van der Waals surface area contributed by atoms with Crippen LogP contribution in [-0.2, 0) is 6.42 Å². The highest BCUT2D eigenvalue weighted by molar-refractivity contribution is 9.10. The largest absolute Gasteiger partial charge is 0.327 e. The second-order valence-corrected chi connectivity index (χ2v) is 7.34. The number of hydrogen-bond acceptors (Lipinski definition) is 2. The van der Waals surface area contributed by atoms with Crippen LogP contribution >= 0.6 is 15.9 Å². The maximum absolute atomic E-state index is 13.4. The third kappa shape index (κ3) is 2.92. The molecular weight excluding hydrogens is 319 g/mol. The Morgan fingerprint density at radius 2 is 1.95 bits per heavy atom. The molecule has 3 unspecified atom stereocenters. The van der Waals surface area contributed by atoms with Crippen molar-refractivity contribution in [2.24, 2.45) is 11.7 Å². The molecule has 4 heteroatoms. The van der Waals surface area contributed by atoms with Crippen molar-refractivity contribution in [1.29, 1.82) is 0 Å². The van der Waals surface area contributed by atoms with Gasteiger partial charge in [-0.2, -0.15) is 0 Å². The lowest BCUT2D eigenvalue weighted by Gasteiger charge is -2.38. The lowest BCUT2D eigenvalue weighted by Crippen LogP contribution is -2.46. The molecule has 0 radical (unpaired) electrons. The lowest BCUT2D eigenvalue weighted by atomic mass is 9.83. The Bertz CT molecular complexity index is 459. The van der Waals surface area contributed by atoms with E-state index in [9.17, 15) is 4.39 Å². The molecule has 0 aliphatic carbocycles. The van der Waals surface area contributed by atoms with Gasteiger partial charge in [-0.25, -0.2) is 4.39 Å². The van der Waals surface area contributed by atoms with Gasteiger partial charge < -0.3 is 10.6 Å². The number of hydrogen-bond donors (Lipinski definition) is 1. The number of piperidine rings is 1. The molecule has 0 saturated carbocycles. The SMILES string of the molecule is CN1C2CCC1CC(C(N)Cc1cc(F)cc(Br)c1)C2. The summed E-state index contributed by atoms with van der Waals surface area (Å²) in [6, 6.07) is 6.64. The van der Waals surface area contributed by atoms with Crippen molar-refractivity contribution >= 4 is 15.9 Å². The Kier molecular flexibility index (Phi) is 4.16. The van der Waals surface area contributed by atoms with Crippen LogP contribution in [-0.4, -0.2) is 30.1 Å². The van der Waals surface area contributed by atoms with E-state index in [0.29, 0.717) is 18.0 Å². The van der Waals surface area contributed by atoms with Crippen molar-refractivity contribution in [3.05, 3.63) is 34.1 Å². The topological polar surface area (TPSA) is 29.3 Å². The highest BCUT2D eigenvalue weighted by atomic mass is 79.9. The highest BCUT2D eigenvalue weighted by Gasteiger charge is 2.40. The minimum Gasteiger partial charge on any atom is -0.327 e. The maximum Gasteiger partial charge on any atom is 0.124 e. The number of halogens is 2. The van der Waals surface area contributed by atoms with Crippen LogP contribution in [0.1, 0.15) is 31.2 Å². The quantitative estimate of drug-likeness (QED) is 0.914. The van der Waals surface area contributed by atoms with Crippen molar-refractivity contribution in [2.45, 2.75) is 50.2 Å². The number of fused-ring (bicyclic) bond motifs is 2. The average molecular weight is 341 g/mol. The van der Waals surface area contributed by atoms with Gasteiger partial charge in [-0.1, -0.05) is 15.9 Å². The highest BCUT2D eigenvalue weighted by Crippen LogP contribution is 2.38. The number of nitrogens with two attached hydrogens (primary N) is 1. The Morgan fingerprint density at radius 3 is 2.55 bits per heavy atom. The first-order chi connectivity index (χ1) is 9.52. The first kappa shape index (κ1) is 14.5. The molecule has 0 amide bonds. The third-order valence-corrected chi connectivity index (χ3v) is 5.59. The van der Waals surface area contributed by atoms with E-state index in [4.69, 9.17) is 5.73 Å². The van der Waals surface area contributed by atoms with Gasteiger partial charge in [0.15, 0.2) is 0 Å². The van der Waals surface area contributed by atoms with Crippen LogP contribution in [0.3, 0.4) is 0 Å². The second kappa shape index (κ2) is 5.74. The third-order valence-electron chi connectivity index (χ3n) is 5.13. The molecule has 2 aliphatic heterocycles. The van der Waals surface area contributed by atoms with Gasteiger partial charge in [-0.15, -0.1) is 0 Å². The van der Waals surface area contributed by atoms with E-state index in [1.165, 1.54) is 31.7 Å². The summed E-state index contributed by atoms with van der Waals surface area (Å²) in [5.74, 6) is 0.385. The van der Waals surface area contributed by atoms with E-state index in [1.807, 2.05) is 6.07 Å². The summed E-state index contributed by atoms with van der Waals surface area (Å²) < 4.78 is 14.2. The molecule has 2 heterocycles. The molecule has 3 rings (SSSR count). The molecule has 0 spiro atoms. The Morgan fingerprint density at radius 1 is 1.30 bits per heavy atom. The first-order valence-electron chi connectivity index (χ1n) is 7.45. The van der Waals surface area contributed by atoms with Crippen LogP contribution in [0.2, 0.25) is 0 Å². The molecule has 110 valence electrons. The van der Waals surface area contributed by atoms with E-state index in [2.05, 4.69) is 27.9 Å². The normalized spacial score (nSPS) is 31.5. The summed E-state index contributed by atoms with van der Waals surface area (Å²) in [4.78, 5) is 2.53. The molecule has 2 saturated heterocycles. The van der Waals surface area contributed by atoms with Crippen LogP contribution in [0.4, 0.5) is 4.39 Å². The molecule has 2 nitrogen and oxygen atoms in total. The molecule has 20 heavy (non-hydrogen) atoms. The molecule has 2 fully saturated rings. The summed E-state index contributed by atoms with van der Waals surface area (Å²) in [6.07, 6.45) is 5.80. The maximum atomic E-state index is 13.4. The van der Waals surface area contributed by atoms with Gasteiger partial charge in [0.25, 0.3) is 0 Å². The van der Waals surface area contributed by atoms with Crippen molar-refractivity contribution in [2.75, 3.05) is 7.05 Å². The predicted octanol–water partition coefficient (Wildman–Crippen LogP) is 3.33. The zero-order chi connectivity index (χ0) is 14.3. The van der Waals surface area contributed by atoms with Crippen molar-refractivity contribution in [1.82, 2.24) is 4.90 Å². The van der Waals surface area contributed by atoms with E-state index in [1.54, 1.807) is 6.07 Å². The standard InChI is InChI=1S/C16H22BrFN2/c1-20-14-2-3-15(20)8-11(7-14)16(19)6-10-4-12(17)9-13(18)5-10/h4-5,9,11,14-16H,2-3,6-8,19H2,1H3. The fourth-order valence-electron chi connectivity index (χ4n) is 3.97. The Balaban J connectivity index is 1.66. The van der Waals surface area contributed by atoms with Crippen LogP contribution < -0.4 is 5.73 Å².